The summed E-state index contributed by atoms with van der Waals surface area (Å²) in [5, 5.41) is 6.91. The van der Waals surface area contributed by atoms with Crippen LogP contribution < -0.4 is 10.1 Å². The first-order chi connectivity index (χ1) is 11.3. The van der Waals surface area contributed by atoms with Gasteiger partial charge in [0.05, 0.1) is 11.4 Å². The molecule has 24 heavy (non-hydrogen) atoms. The summed E-state index contributed by atoms with van der Waals surface area (Å²) < 4.78 is 7.04. The van der Waals surface area contributed by atoms with E-state index in [1.807, 2.05) is 25.1 Å². The quantitative estimate of drug-likeness (QED) is 0.906. The minimum absolute atomic E-state index is 0.145. The van der Waals surface area contributed by atoms with Gasteiger partial charge in [-0.15, -0.1) is 0 Å². The van der Waals surface area contributed by atoms with Crippen molar-refractivity contribution in [3.05, 3.63) is 41.2 Å². The van der Waals surface area contributed by atoms with Crippen LogP contribution in [-0.2, 0) is 11.8 Å². The van der Waals surface area contributed by atoms with Gasteiger partial charge in [-0.2, -0.15) is 5.10 Å². The summed E-state index contributed by atoms with van der Waals surface area (Å²) in [6, 6.07) is 7.45. The highest BCUT2D eigenvalue weighted by molar-refractivity contribution is 6.03. The number of anilines is 1. The van der Waals surface area contributed by atoms with Gasteiger partial charge in [0.15, 0.2) is 12.3 Å². The fourth-order valence-corrected chi connectivity index (χ4v) is 2.15. The van der Waals surface area contributed by atoms with E-state index in [0.29, 0.717) is 17.1 Å². The van der Waals surface area contributed by atoms with Crippen molar-refractivity contribution in [2.75, 3.05) is 26.0 Å². The van der Waals surface area contributed by atoms with Crippen molar-refractivity contribution in [3.63, 3.8) is 0 Å². The van der Waals surface area contributed by atoms with Crippen molar-refractivity contribution in [3.8, 4) is 5.75 Å². The molecule has 0 saturated carbocycles. The lowest BCUT2D eigenvalue weighted by molar-refractivity contribution is -0.118. The van der Waals surface area contributed by atoms with Crippen molar-refractivity contribution in [1.29, 1.82) is 0 Å². The van der Waals surface area contributed by atoms with E-state index in [9.17, 15) is 9.59 Å². The molecule has 7 nitrogen and oxygen atoms in total. The van der Waals surface area contributed by atoms with Gasteiger partial charge in [0, 0.05) is 21.1 Å². The summed E-state index contributed by atoms with van der Waals surface area (Å²) >= 11 is 0. The molecule has 0 fully saturated rings. The maximum Gasteiger partial charge on any atom is 0.276 e. The molecule has 0 bridgehead atoms. The second kappa shape index (κ2) is 7.16. The van der Waals surface area contributed by atoms with E-state index in [1.165, 1.54) is 4.90 Å². The lowest BCUT2D eigenvalue weighted by Gasteiger charge is -2.11. The molecule has 7 heteroatoms. The smallest absolute Gasteiger partial charge is 0.276 e. The van der Waals surface area contributed by atoms with Gasteiger partial charge in [-0.3, -0.25) is 14.3 Å². The van der Waals surface area contributed by atoms with Crippen LogP contribution in [0.25, 0.3) is 0 Å². The standard InChI is InChI=1S/C17H22N4O3/c1-11-7-6-8-13(9-11)24-10-14(22)18-15-12(2)21(5)19-16(15)17(23)20(3)4/h6-9H,10H2,1-5H3,(H,18,22). The summed E-state index contributed by atoms with van der Waals surface area (Å²) in [6.45, 7) is 3.59. The molecule has 0 unspecified atom stereocenters. The summed E-state index contributed by atoms with van der Waals surface area (Å²) in [5.74, 6) is 0.00617. The monoisotopic (exact) mass is 330 g/mol. The van der Waals surface area contributed by atoms with Crippen molar-refractivity contribution < 1.29 is 14.3 Å². The average Bonchev–Trinajstić information content (AvgIpc) is 2.80. The Hall–Kier alpha value is -2.83. The fourth-order valence-electron chi connectivity index (χ4n) is 2.15. The summed E-state index contributed by atoms with van der Waals surface area (Å²) in [6.07, 6.45) is 0. The molecule has 0 atom stereocenters. The van der Waals surface area contributed by atoms with Crippen LogP contribution in [0, 0.1) is 13.8 Å². The van der Waals surface area contributed by atoms with Gasteiger partial charge in [-0.05, 0) is 31.5 Å². The van der Waals surface area contributed by atoms with E-state index in [-0.39, 0.29) is 24.1 Å². The second-order valence-electron chi connectivity index (χ2n) is 5.79. The molecule has 2 amide bonds. The molecular formula is C17H22N4O3. The maximum atomic E-state index is 12.2. The third-order valence-corrected chi connectivity index (χ3v) is 3.57. The number of amides is 2. The molecule has 0 aliphatic carbocycles. The zero-order chi connectivity index (χ0) is 17.9. The van der Waals surface area contributed by atoms with Crippen molar-refractivity contribution in [2.45, 2.75) is 13.8 Å². The Kier molecular flexibility index (Phi) is 5.23. The Morgan fingerprint density at radius 3 is 2.62 bits per heavy atom. The molecule has 2 rings (SSSR count). The molecule has 2 aromatic rings. The van der Waals surface area contributed by atoms with E-state index in [1.54, 1.807) is 38.8 Å². The first kappa shape index (κ1) is 17.5. The lowest BCUT2D eigenvalue weighted by Crippen LogP contribution is -2.26. The molecule has 0 saturated heterocycles. The van der Waals surface area contributed by atoms with E-state index >= 15 is 0 Å². The number of aryl methyl sites for hydroxylation is 2. The van der Waals surface area contributed by atoms with E-state index < -0.39 is 0 Å². The van der Waals surface area contributed by atoms with Gasteiger partial charge in [0.1, 0.15) is 5.75 Å². The normalized spacial score (nSPS) is 10.4. The molecule has 0 aliphatic rings. The van der Waals surface area contributed by atoms with Crippen molar-refractivity contribution in [2.24, 2.45) is 7.05 Å². The highest BCUT2D eigenvalue weighted by Gasteiger charge is 2.22. The van der Waals surface area contributed by atoms with Crippen LogP contribution in [-0.4, -0.2) is 47.2 Å². The zero-order valence-corrected chi connectivity index (χ0v) is 14.6. The number of hydrogen-bond acceptors (Lipinski definition) is 4. The maximum absolute atomic E-state index is 12.2. The Bertz CT molecular complexity index is 765. The van der Waals surface area contributed by atoms with Crippen LogP contribution in [0.5, 0.6) is 5.75 Å². The van der Waals surface area contributed by atoms with Gasteiger partial charge in [-0.1, -0.05) is 12.1 Å². The first-order valence-corrected chi connectivity index (χ1v) is 7.54. The van der Waals surface area contributed by atoms with E-state index in [2.05, 4.69) is 10.4 Å². The molecule has 0 spiro atoms. The largest absolute Gasteiger partial charge is 0.484 e. The molecule has 1 heterocycles. The number of rotatable bonds is 5. The fraction of sp³-hybridized carbons (Fsp3) is 0.353. The highest BCUT2D eigenvalue weighted by atomic mass is 16.5. The number of nitrogens with zero attached hydrogens (tertiary/aromatic N) is 3. The average molecular weight is 330 g/mol. The number of carbonyl (C=O) groups is 2. The second-order valence-corrected chi connectivity index (χ2v) is 5.79. The van der Waals surface area contributed by atoms with Gasteiger partial charge in [0.2, 0.25) is 0 Å². The van der Waals surface area contributed by atoms with Crippen LogP contribution in [0.15, 0.2) is 24.3 Å². The molecule has 1 aromatic carbocycles. The highest BCUT2D eigenvalue weighted by Crippen LogP contribution is 2.21. The summed E-state index contributed by atoms with van der Waals surface area (Å²) in [4.78, 5) is 25.8. The van der Waals surface area contributed by atoms with Gasteiger partial charge in [-0.25, -0.2) is 0 Å². The zero-order valence-electron chi connectivity index (χ0n) is 14.6. The number of aromatic nitrogens is 2. The molecule has 0 radical (unpaired) electrons. The van der Waals surface area contributed by atoms with Crippen LogP contribution in [0.2, 0.25) is 0 Å². The minimum Gasteiger partial charge on any atom is -0.484 e. The van der Waals surface area contributed by atoms with E-state index in [4.69, 9.17) is 4.74 Å². The predicted octanol–water partition coefficient (Wildman–Crippen LogP) is 1.76. The Morgan fingerprint density at radius 1 is 1.29 bits per heavy atom. The molecule has 0 aliphatic heterocycles. The van der Waals surface area contributed by atoms with Crippen molar-refractivity contribution >= 4 is 17.5 Å². The Morgan fingerprint density at radius 2 is 2.00 bits per heavy atom. The van der Waals surface area contributed by atoms with Gasteiger partial charge >= 0.3 is 0 Å². The molecule has 128 valence electrons. The summed E-state index contributed by atoms with van der Waals surface area (Å²) in [7, 11) is 5.00. The Labute approximate surface area is 141 Å². The van der Waals surface area contributed by atoms with Crippen LogP contribution in [0.1, 0.15) is 21.7 Å². The molecular weight excluding hydrogens is 308 g/mol. The third-order valence-electron chi connectivity index (χ3n) is 3.57. The van der Waals surface area contributed by atoms with Crippen LogP contribution >= 0.6 is 0 Å². The summed E-state index contributed by atoms with van der Waals surface area (Å²) in [5.41, 5.74) is 2.37. The van der Waals surface area contributed by atoms with Gasteiger partial charge < -0.3 is 15.0 Å². The number of benzene rings is 1. The first-order valence-electron chi connectivity index (χ1n) is 7.54. The Balaban J connectivity index is 2.10. The third kappa shape index (κ3) is 3.92. The van der Waals surface area contributed by atoms with E-state index in [0.717, 1.165) is 5.56 Å². The number of carbonyl (C=O) groups excluding carboxylic acids is 2. The van der Waals surface area contributed by atoms with Crippen LogP contribution in [0.3, 0.4) is 0 Å². The number of hydrogen-bond donors (Lipinski definition) is 1. The minimum atomic E-state index is -0.347. The van der Waals surface area contributed by atoms with Crippen LogP contribution in [0.4, 0.5) is 5.69 Å². The SMILES string of the molecule is Cc1cccc(OCC(=O)Nc2c(C(=O)N(C)C)nn(C)c2C)c1. The van der Waals surface area contributed by atoms with Gasteiger partial charge in [0.25, 0.3) is 11.8 Å². The lowest BCUT2D eigenvalue weighted by atomic mass is 10.2. The van der Waals surface area contributed by atoms with Crippen molar-refractivity contribution in [1.82, 2.24) is 14.7 Å². The molecule has 1 aromatic heterocycles. The predicted molar refractivity (Wildman–Crippen MR) is 91.3 cm³/mol. The number of ether oxygens (including phenoxy) is 1. The number of nitrogens with one attached hydrogen (secondary N) is 1. The topological polar surface area (TPSA) is 76.5 Å². The molecule has 1 N–H and O–H groups in total.